The number of nitrogens with zero attached hydrogens (tertiary/aromatic N) is 4. The molecule has 0 bridgehead atoms. The third-order valence-corrected chi connectivity index (χ3v) is 6.30. The van der Waals surface area contributed by atoms with Gasteiger partial charge >= 0.3 is 0 Å². The van der Waals surface area contributed by atoms with Gasteiger partial charge in [0.15, 0.2) is 0 Å². The zero-order chi connectivity index (χ0) is 20.6. The number of hydrogen-bond donors (Lipinski definition) is 0. The minimum absolute atomic E-state index is 0.182. The molecule has 0 N–H and O–H groups in total. The third-order valence-electron chi connectivity index (χ3n) is 6.30. The van der Waals surface area contributed by atoms with Crippen molar-refractivity contribution < 1.29 is 0 Å². The first-order chi connectivity index (χ1) is 13.8. The lowest BCUT2D eigenvalue weighted by atomic mass is 9.87. The number of fused-ring (bicyclic) bond motifs is 1. The van der Waals surface area contributed by atoms with Crippen LogP contribution in [0.15, 0.2) is 48.5 Å². The van der Waals surface area contributed by atoms with Gasteiger partial charge in [0.1, 0.15) is 5.82 Å². The van der Waals surface area contributed by atoms with Gasteiger partial charge in [-0.2, -0.15) is 0 Å². The Morgan fingerprint density at radius 1 is 0.931 bits per heavy atom. The number of para-hydroxylation sites is 2. The molecule has 1 fully saturated rings. The highest BCUT2D eigenvalue weighted by molar-refractivity contribution is 5.76. The predicted molar refractivity (Wildman–Crippen MR) is 121 cm³/mol. The number of likely N-dealkylation sites (N-methyl/N-ethyl adjacent to an activating group) is 1. The molecule has 4 rings (SSSR count). The van der Waals surface area contributed by atoms with Crippen molar-refractivity contribution in [1.29, 1.82) is 0 Å². The highest BCUT2D eigenvalue weighted by atomic mass is 15.3. The molecule has 0 amide bonds. The molecule has 1 aliphatic heterocycles. The summed E-state index contributed by atoms with van der Waals surface area (Å²) in [6.07, 6.45) is 0. The number of aromatic nitrogens is 2. The third kappa shape index (κ3) is 4.24. The Morgan fingerprint density at radius 3 is 2.24 bits per heavy atom. The average Bonchev–Trinajstić information content (AvgIpc) is 3.06. The van der Waals surface area contributed by atoms with Crippen LogP contribution in [0.25, 0.3) is 11.0 Å². The van der Waals surface area contributed by atoms with E-state index in [2.05, 4.69) is 97.6 Å². The minimum Gasteiger partial charge on any atom is -0.322 e. The zero-order valence-corrected chi connectivity index (χ0v) is 18.5. The van der Waals surface area contributed by atoms with Gasteiger partial charge in [-0.3, -0.25) is 4.90 Å². The monoisotopic (exact) mass is 390 g/mol. The van der Waals surface area contributed by atoms with Crippen LogP contribution in [0.4, 0.5) is 0 Å². The fourth-order valence-corrected chi connectivity index (χ4v) is 4.24. The molecule has 154 valence electrons. The Bertz CT molecular complexity index is 957. The Hall–Kier alpha value is -2.17. The summed E-state index contributed by atoms with van der Waals surface area (Å²) < 4.78 is 2.42. The van der Waals surface area contributed by atoms with E-state index in [0.29, 0.717) is 6.04 Å². The van der Waals surface area contributed by atoms with E-state index in [-0.39, 0.29) is 5.41 Å². The Morgan fingerprint density at radius 2 is 1.59 bits per heavy atom. The minimum atomic E-state index is 0.182. The van der Waals surface area contributed by atoms with Crippen molar-refractivity contribution in [3.05, 3.63) is 65.5 Å². The number of piperazine rings is 1. The molecule has 1 saturated heterocycles. The van der Waals surface area contributed by atoms with E-state index in [1.54, 1.807) is 0 Å². The van der Waals surface area contributed by atoms with Crippen LogP contribution in [0, 0.1) is 0 Å². The first-order valence-electron chi connectivity index (χ1n) is 10.8. The van der Waals surface area contributed by atoms with Crippen LogP contribution < -0.4 is 0 Å². The van der Waals surface area contributed by atoms with Crippen molar-refractivity contribution in [2.45, 2.75) is 45.7 Å². The Labute approximate surface area is 175 Å². The molecule has 1 unspecified atom stereocenters. The van der Waals surface area contributed by atoms with Crippen LogP contribution in [0.2, 0.25) is 0 Å². The largest absolute Gasteiger partial charge is 0.322 e. The Balaban J connectivity index is 1.66. The second-order valence-corrected chi connectivity index (χ2v) is 9.51. The van der Waals surface area contributed by atoms with E-state index >= 15 is 0 Å². The van der Waals surface area contributed by atoms with Crippen LogP contribution in [-0.4, -0.2) is 52.6 Å². The maximum Gasteiger partial charge on any atom is 0.127 e. The number of benzene rings is 2. The first kappa shape index (κ1) is 20.1. The smallest absolute Gasteiger partial charge is 0.127 e. The molecule has 2 aromatic carbocycles. The summed E-state index contributed by atoms with van der Waals surface area (Å²) in [5.74, 6) is 1.18. The topological polar surface area (TPSA) is 24.3 Å². The molecule has 1 aliphatic rings. The molecule has 0 spiro atoms. The van der Waals surface area contributed by atoms with E-state index < -0.39 is 0 Å². The summed E-state index contributed by atoms with van der Waals surface area (Å²) in [7, 11) is 2.21. The van der Waals surface area contributed by atoms with Crippen molar-refractivity contribution in [3.63, 3.8) is 0 Å². The molecule has 4 nitrogen and oxygen atoms in total. The van der Waals surface area contributed by atoms with E-state index in [4.69, 9.17) is 4.98 Å². The predicted octanol–water partition coefficient (Wildman–Crippen LogP) is 4.69. The summed E-state index contributed by atoms with van der Waals surface area (Å²) in [5.41, 5.74) is 5.20. The summed E-state index contributed by atoms with van der Waals surface area (Å²) in [5, 5.41) is 0. The lowest BCUT2D eigenvalue weighted by Crippen LogP contribution is -2.45. The van der Waals surface area contributed by atoms with Crippen LogP contribution in [0.3, 0.4) is 0 Å². The molecule has 0 radical (unpaired) electrons. The lowest BCUT2D eigenvalue weighted by molar-refractivity contribution is 0.114. The fourth-order valence-electron chi connectivity index (χ4n) is 4.24. The molecule has 29 heavy (non-hydrogen) atoms. The van der Waals surface area contributed by atoms with E-state index in [1.165, 1.54) is 22.5 Å². The van der Waals surface area contributed by atoms with E-state index in [1.807, 2.05) is 0 Å². The quantitative estimate of drug-likeness (QED) is 0.646. The van der Waals surface area contributed by atoms with Crippen molar-refractivity contribution in [1.82, 2.24) is 19.4 Å². The second-order valence-electron chi connectivity index (χ2n) is 9.51. The maximum absolute atomic E-state index is 5.07. The molecule has 0 saturated carbocycles. The summed E-state index contributed by atoms with van der Waals surface area (Å²) in [6, 6.07) is 18.0. The zero-order valence-electron chi connectivity index (χ0n) is 18.5. The van der Waals surface area contributed by atoms with Crippen molar-refractivity contribution in [3.8, 4) is 0 Å². The molecule has 1 atom stereocenters. The van der Waals surface area contributed by atoms with Gasteiger partial charge in [0.25, 0.3) is 0 Å². The summed E-state index contributed by atoms with van der Waals surface area (Å²) in [6.45, 7) is 14.4. The highest BCUT2D eigenvalue weighted by Crippen LogP contribution is 2.27. The molecule has 1 aromatic heterocycles. The van der Waals surface area contributed by atoms with E-state index in [9.17, 15) is 0 Å². The van der Waals surface area contributed by atoms with E-state index in [0.717, 1.165) is 38.2 Å². The van der Waals surface area contributed by atoms with Gasteiger partial charge in [-0.05, 0) is 42.6 Å². The average molecular weight is 391 g/mol. The SMILES string of the molecule is CC(c1nc2ccccc2n1Cc1ccc(C(C)(C)C)cc1)N1CCN(C)CC1. The van der Waals surface area contributed by atoms with Crippen LogP contribution in [0.5, 0.6) is 0 Å². The highest BCUT2D eigenvalue weighted by Gasteiger charge is 2.25. The van der Waals surface area contributed by atoms with Gasteiger partial charge in [-0.1, -0.05) is 57.2 Å². The Kier molecular flexibility index (Phi) is 5.50. The molecular weight excluding hydrogens is 356 g/mol. The fraction of sp³-hybridized carbons (Fsp3) is 0.480. The van der Waals surface area contributed by atoms with Gasteiger partial charge in [-0.25, -0.2) is 4.98 Å². The summed E-state index contributed by atoms with van der Waals surface area (Å²) >= 11 is 0. The molecule has 4 heteroatoms. The molecule has 3 aromatic rings. The normalized spacial score (nSPS) is 17.7. The summed E-state index contributed by atoms with van der Waals surface area (Å²) in [4.78, 5) is 10.0. The van der Waals surface area contributed by atoms with Crippen LogP contribution >= 0.6 is 0 Å². The molecule has 0 aliphatic carbocycles. The lowest BCUT2D eigenvalue weighted by Gasteiger charge is -2.36. The van der Waals surface area contributed by atoms with Crippen LogP contribution in [-0.2, 0) is 12.0 Å². The maximum atomic E-state index is 5.07. The van der Waals surface area contributed by atoms with Gasteiger partial charge in [0.2, 0.25) is 0 Å². The molecular formula is C25H34N4. The number of imidazole rings is 1. The van der Waals surface area contributed by atoms with Crippen molar-refractivity contribution in [2.24, 2.45) is 0 Å². The second kappa shape index (κ2) is 7.92. The van der Waals surface area contributed by atoms with Gasteiger partial charge < -0.3 is 9.47 Å². The van der Waals surface area contributed by atoms with Crippen molar-refractivity contribution >= 4 is 11.0 Å². The van der Waals surface area contributed by atoms with Crippen molar-refractivity contribution in [2.75, 3.05) is 33.2 Å². The number of hydrogen-bond acceptors (Lipinski definition) is 3. The standard InChI is InChI=1S/C25H34N4/c1-19(28-16-14-27(5)15-17-28)24-26-22-8-6-7-9-23(22)29(24)18-20-10-12-21(13-11-20)25(2,3)4/h6-13,19H,14-18H2,1-5H3. The van der Waals surface area contributed by atoms with Crippen LogP contribution in [0.1, 0.15) is 50.7 Å². The molecule has 2 heterocycles. The van der Waals surface area contributed by atoms with Gasteiger partial charge in [0.05, 0.1) is 17.1 Å². The van der Waals surface area contributed by atoms with Gasteiger partial charge in [0, 0.05) is 32.7 Å². The van der Waals surface area contributed by atoms with Gasteiger partial charge in [-0.15, -0.1) is 0 Å². The first-order valence-corrected chi connectivity index (χ1v) is 10.8. The number of rotatable bonds is 4.